The van der Waals surface area contributed by atoms with Crippen LogP contribution in [0, 0.1) is 5.92 Å². The predicted molar refractivity (Wildman–Crippen MR) is 84.5 cm³/mol. The zero-order valence-corrected chi connectivity index (χ0v) is 13.9. The highest BCUT2D eigenvalue weighted by Crippen LogP contribution is 2.02. The van der Waals surface area contributed by atoms with Crippen LogP contribution in [0.1, 0.15) is 40.5 Å². The molecular weight excluding hydrogens is 270 g/mol. The van der Waals surface area contributed by atoms with E-state index in [1.165, 1.54) is 0 Å². The molecule has 0 aromatic heterocycles. The van der Waals surface area contributed by atoms with Gasteiger partial charge in [-0.05, 0) is 39.4 Å². The van der Waals surface area contributed by atoms with Gasteiger partial charge in [0.1, 0.15) is 0 Å². The fourth-order valence-electron chi connectivity index (χ4n) is 2.16. The molecule has 0 spiro atoms. The third-order valence-electron chi connectivity index (χ3n) is 3.81. The number of carbonyl (C=O) groups is 2. The quantitative estimate of drug-likeness (QED) is 0.611. The highest BCUT2D eigenvalue weighted by molar-refractivity contribution is 5.76. The summed E-state index contributed by atoms with van der Waals surface area (Å²) in [6, 6.07) is -0.170. The molecule has 0 bridgehead atoms. The van der Waals surface area contributed by atoms with E-state index in [1.54, 1.807) is 4.90 Å². The van der Waals surface area contributed by atoms with Crippen molar-refractivity contribution in [3.63, 3.8) is 0 Å². The Balaban J connectivity index is 4.15. The van der Waals surface area contributed by atoms with E-state index in [4.69, 9.17) is 5.11 Å². The fourth-order valence-corrected chi connectivity index (χ4v) is 2.16. The van der Waals surface area contributed by atoms with E-state index >= 15 is 0 Å². The van der Waals surface area contributed by atoms with E-state index in [2.05, 4.69) is 24.1 Å². The third-order valence-corrected chi connectivity index (χ3v) is 3.81. The van der Waals surface area contributed by atoms with Crippen LogP contribution < -0.4 is 5.32 Å². The van der Waals surface area contributed by atoms with Crippen LogP contribution in [0.4, 0.5) is 4.79 Å². The van der Waals surface area contributed by atoms with Crippen LogP contribution in [0.5, 0.6) is 0 Å². The normalized spacial score (nSPS) is 12.2. The molecule has 0 rings (SSSR count). The molecule has 2 N–H and O–H groups in total. The summed E-state index contributed by atoms with van der Waals surface area (Å²) in [7, 11) is 0. The maximum atomic E-state index is 12.0. The van der Waals surface area contributed by atoms with Crippen molar-refractivity contribution in [1.29, 1.82) is 0 Å². The largest absolute Gasteiger partial charge is 0.481 e. The van der Waals surface area contributed by atoms with Crippen molar-refractivity contribution in [2.24, 2.45) is 5.92 Å². The molecule has 0 heterocycles. The smallest absolute Gasteiger partial charge is 0.317 e. The van der Waals surface area contributed by atoms with E-state index in [0.29, 0.717) is 19.5 Å². The van der Waals surface area contributed by atoms with Crippen molar-refractivity contribution < 1.29 is 14.7 Å². The second-order valence-corrected chi connectivity index (χ2v) is 5.09. The Labute approximate surface area is 128 Å². The lowest BCUT2D eigenvalue weighted by molar-refractivity contribution is -0.141. The predicted octanol–water partition coefficient (Wildman–Crippen LogP) is 1.86. The van der Waals surface area contributed by atoms with Gasteiger partial charge in [-0.15, -0.1) is 0 Å². The Morgan fingerprint density at radius 3 is 2.10 bits per heavy atom. The number of rotatable bonds is 11. The van der Waals surface area contributed by atoms with Gasteiger partial charge in [0.05, 0.1) is 5.92 Å². The average Bonchev–Trinajstić information content (AvgIpc) is 2.47. The zero-order valence-electron chi connectivity index (χ0n) is 13.9. The molecule has 0 aliphatic heterocycles. The third kappa shape index (κ3) is 7.90. The Kier molecular flexibility index (Phi) is 10.7. The van der Waals surface area contributed by atoms with E-state index in [-0.39, 0.29) is 12.6 Å². The molecule has 6 heteroatoms. The van der Waals surface area contributed by atoms with Gasteiger partial charge in [0.25, 0.3) is 0 Å². The number of hydrogen-bond donors (Lipinski definition) is 2. The maximum absolute atomic E-state index is 12.0. The number of amides is 2. The van der Waals surface area contributed by atoms with Crippen LogP contribution in [-0.4, -0.2) is 66.2 Å². The molecule has 2 amide bonds. The molecular formula is C15H31N3O3. The Morgan fingerprint density at radius 2 is 1.67 bits per heavy atom. The van der Waals surface area contributed by atoms with Gasteiger partial charge in [-0.1, -0.05) is 20.8 Å². The van der Waals surface area contributed by atoms with Crippen molar-refractivity contribution in [2.45, 2.75) is 40.5 Å². The second kappa shape index (κ2) is 11.4. The topological polar surface area (TPSA) is 72.9 Å². The molecule has 0 aliphatic carbocycles. The van der Waals surface area contributed by atoms with Crippen LogP contribution in [-0.2, 0) is 4.79 Å². The van der Waals surface area contributed by atoms with E-state index in [1.807, 2.05) is 13.8 Å². The summed E-state index contributed by atoms with van der Waals surface area (Å²) >= 11 is 0. The van der Waals surface area contributed by atoms with Crippen molar-refractivity contribution >= 4 is 12.0 Å². The van der Waals surface area contributed by atoms with E-state index in [9.17, 15) is 9.59 Å². The Hall–Kier alpha value is -1.30. The van der Waals surface area contributed by atoms with E-state index < -0.39 is 11.9 Å². The molecule has 0 aromatic rings. The first-order valence-electron chi connectivity index (χ1n) is 7.97. The SMILES string of the molecule is CCC(CNC(=O)N(CC)CCCN(CC)CC)C(=O)O. The fraction of sp³-hybridized carbons (Fsp3) is 0.867. The summed E-state index contributed by atoms with van der Waals surface area (Å²) in [5.41, 5.74) is 0. The van der Waals surface area contributed by atoms with Crippen LogP contribution in [0.2, 0.25) is 0 Å². The molecule has 6 nitrogen and oxygen atoms in total. The molecule has 21 heavy (non-hydrogen) atoms. The van der Waals surface area contributed by atoms with Crippen molar-refractivity contribution in [3.05, 3.63) is 0 Å². The molecule has 0 aromatic carbocycles. The average molecular weight is 301 g/mol. The molecule has 0 radical (unpaired) electrons. The first-order valence-corrected chi connectivity index (χ1v) is 7.97. The number of urea groups is 1. The minimum atomic E-state index is -0.859. The summed E-state index contributed by atoms with van der Waals surface area (Å²) in [5.74, 6) is -1.37. The summed E-state index contributed by atoms with van der Waals surface area (Å²) in [4.78, 5) is 27.0. The van der Waals surface area contributed by atoms with Gasteiger partial charge >= 0.3 is 12.0 Å². The first kappa shape index (κ1) is 19.7. The van der Waals surface area contributed by atoms with Crippen molar-refractivity contribution in [2.75, 3.05) is 39.3 Å². The van der Waals surface area contributed by atoms with Gasteiger partial charge in [-0.3, -0.25) is 4.79 Å². The number of aliphatic carboxylic acids is 1. The summed E-state index contributed by atoms with van der Waals surface area (Å²) in [6.45, 7) is 12.5. The lowest BCUT2D eigenvalue weighted by atomic mass is 10.1. The standard InChI is InChI=1S/C15H31N3O3/c1-5-13(14(19)20)12-16-15(21)18(8-4)11-9-10-17(6-2)7-3/h13H,5-12H2,1-4H3,(H,16,21)(H,19,20). The number of nitrogens with one attached hydrogen (secondary N) is 1. The van der Waals surface area contributed by atoms with Crippen LogP contribution >= 0.6 is 0 Å². The van der Waals surface area contributed by atoms with Crippen LogP contribution in [0.3, 0.4) is 0 Å². The summed E-state index contributed by atoms with van der Waals surface area (Å²) < 4.78 is 0. The molecule has 1 unspecified atom stereocenters. The van der Waals surface area contributed by atoms with Gasteiger partial charge in [0, 0.05) is 19.6 Å². The lowest BCUT2D eigenvalue weighted by Crippen LogP contribution is -2.43. The highest BCUT2D eigenvalue weighted by Gasteiger charge is 2.18. The monoisotopic (exact) mass is 301 g/mol. The molecule has 0 saturated carbocycles. The maximum Gasteiger partial charge on any atom is 0.317 e. The lowest BCUT2D eigenvalue weighted by Gasteiger charge is -2.24. The Morgan fingerprint density at radius 1 is 1.05 bits per heavy atom. The van der Waals surface area contributed by atoms with Crippen molar-refractivity contribution in [3.8, 4) is 0 Å². The first-order chi connectivity index (χ1) is 9.99. The van der Waals surface area contributed by atoms with Crippen molar-refractivity contribution in [1.82, 2.24) is 15.1 Å². The number of hydrogen-bond acceptors (Lipinski definition) is 3. The van der Waals surface area contributed by atoms with Crippen LogP contribution in [0.25, 0.3) is 0 Å². The van der Waals surface area contributed by atoms with E-state index in [0.717, 1.165) is 26.1 Å². The Bertz CT molecular complexity index is 307. The number of carboxylic acid groups (broad SMARTS) is 1. The van der Waals surface area contributed by atoms with Crippen LogP contribution in [0.15, 0.2) is 0 Å². The minimum absolute atomic E-state index is 0.170. The minimum Gasteiger partial charge on any atom is -0.481 e. The summed E-state index contributed by atoms with van der Waals surface area (Å²) in [5, 5.41) is 11.7. The van der Waals surface area contributed by atoms with Gasteiger partial charge in [0.15, 0.2) is 0 Å². The summed E-state index contributed by atoms with van der Waals surface area (Å²) in [6.07, 6.45) is 1.45. The molecule has 0 fully saturated rings. The number of nitrogens with zero attached hydrogens (tertiary/aromatic N) is 2. The van der Waals surface area contributed by atoms with Gasteiger partial charge in [-0.2, -0.15) is 0 Å². The second-order valence-electron chi connectivity index (χ2n) is 5.09. The van der Waals surface area contributed by atoms with Gasteiger partial charge in [-0.25, -0.2) is 4.79 Å². The zero-order chi connectivity index (χ0) is 16.3. The number of carbonyl (C=O) groups excluding carboxylic acids is 1. The van der Waals surface area contributed by atoms with Gasteiger partial charge < -0.3 is 20.2 Å². The molecule has 0 saturated heterocycles. The molecule has 1 atom stereocenters. The molecule has 124 valence electrons. The van der Waals surface area contributed by atoms with Gasteiger partial charge in [0.2, 0.25) is 0 Å². The highest BCUT2D eigenvalue weighted by atomic mass is 16.4. The molecule has 0 aliphatic rings. The number of carboxylic acids is 1.